The quantitative estimate of drug-likeness (QED) is 0.848. The van der Waals surface area contributed by atoms with Gasteiger partial charge in [-0.2, -0.15) is 12.6 Å². The Kier molecular flexibility index (Phi) is 5.39. The van der Waals surface area contributed by atoms with Gasteiger partial charge in [0.05, 0.1) is 0 Å². The normalized spacial score (nSPS) is 17.2. The fraction of sp³-hybridized carbons (Fsp3) is 0.571. The Bertz CT molecular complexity index is 389. The van der Waals surface area contributed by atoms with Crippen LogP contribution in [0.1, 0.15) is 12.0 Å². The summed E-state index contributed by atoms with van der Waals surface area (Å²) in [4.78, 5) is 5.04. The average Bonchev–Trinajstić information content (AvgIpc) is 2.37. The molecule has 0 amide bonds. The number of halogens is 1. The maximum Gasteiger partial charge on any atom is 0.0397 e. The number of rotatable bonds is 4. The third-order valence-corrected chi connectivity index (χ3v) is 4.31. The van der Waals surface area contributed by atoms with Crippen LogP contribution in [0.2, 0.25) is 0 Å². The van der Waals surface area contributed by atoms with Crippen LogP contribution < -0.4 is 4.90 Å². The van der Waals surface area contributed by atoms with E-state index in [4.69, 9.17) is 0 Å². The van der Waals surface area contributed by atoms with Crippen molar-refractivity contribution in [3.63, 3.8) is 0 Å². The maximum atomic E-state index is 4.28. The Morgan fingerprint density at radius 2 is 1.94 bits per heavy atom. The van der Waals surface area contributed by atoms with Gasteiger partial charge in [-0.1, -0.05) is 15.9 Å². The molecule has 1 aliphatic rings. The second-order valence-electron chi connectivity index (χ2n) is 4.84. The molecule has 0 spiro atoms. The highest BCUT2D eigenvalue weighted by molar-refractivity contribution is 9.10. The van der Waals surface area contributed by atoms with Crippen molar-refractivity contribution in [2.24, 2.45) is 0 Å². The molecule has 2 rings (SSSR count). The highest BCUT2D eigenvalue weighted by Gasteiger charge is 2.17. The van der Waals surface area contributed by atoms with Crippen molar-refractivity contribution in [3.8, 4) is 0 Å². The number of thiol groups is 1. The van der Waals surface area contributed by atoms with Crippen LogP contribution in [0.25, 0.3) is 0 Å². The first-order valence-corrected chi connectivity index (χ1v) is 7.97. The van der Waals surface area contributed by atoms with Crippen molar-refractivity contribution in [2.45, 2.75) is 13.3 Å². The van der Waals surface area contributed by atoms with E-state index < -0.39 is 0 Å². The van der Waals surface area contributed by atoms with E-state index in [0.717, 1.165) is 23.3 Å². The minimum Gasteiger partial charge on any atom is -0.369 e. The van der Waals surface area contributed by atoms with Gasteiger partial charge in [-0.15, -0.1) is 0 Å². The summed E-state index contributed by atoms with van der Waals surface area (Å²) < 4.78 is 1.16. The van der Waals surface area contributed by atoms with Crippen LogP contribution in [0, 0.1) is 6.92 Å². The molecule has 1 aromatic rings. The molecule has 1 aromatic carbocycles. The lowest BCUT2D eigenvalue weighted by atomic mass is 10.1. The van der Waals surface area contributed by atoms with Crippen molar-refractivity contribution in [3.05, 3.63) is 28.2 Å². The largest absolute Gasteiger partial charge is 0.369 e. The van der Waals surface area contributed by atoms with Gasteiger partial charge in [0, 0.05) is 36.3 Å². The maximum absolute atomic E-state index is 4.28. The van der Waals surface area contributed by atoms with Gasteiger partial charge in [-0.25, -0.2) is 0 Å². The first kappa shape index (κ1) is 14.2. The lowest BCUT2D eigenvalue weighted by Crippen LogP contribution is -2.46. The van der Waals surface area contributed by atoms with Gasteiger partial charge in [0.2, 0.25) is 0 Å². The van der Waals surface area contributed by atoms with Crippen LogP contribution in [0.3, 0.4) is 0 Å². The molecule has 0 unspecified atom stereocenters. The van der Waals surface area contributed by atoms with Crippen molar-refractivity contribution in [1.29, 1.82) is 0 Å². The minimum atomic E-state index is 0.992. The van der Waals surface area contributed by atoms with Gasteiger partial charge in [0.15, 0.2) is 0 Å². The first-order valence-electron chi connectivity index (χ1n) is 6.55. The number of hydrogen-bond acceptors (Lipinski definition) is 3. The van der Waals surface area contributed by atoms with E-state index in [1.54, 1.807) is 0 Å². The molecule has 0 radical (unpaired) electrons. The van der Waals surface area contributed by atoms with E-state index in [1.165, 1.54) is 37.3 Å². The molecule has 0 atom stereocenters. The summed E-state index contributed by atoms with van der Waals surface area (Å²) in [5, 5.41) is 0. The molecule has 1 heterocycles. The monoisotopic (exact) mass is 328 g/mol. The Morgan fingerprint density at radius 3 is 2.56 bits per heavy atom. The predicted octanol–water partition coefficient (Wildman–Crippen LogP) is 3.20. The van der Waals surface area contributed by atoms with E-state index in [9.17, 15) is 0 Å². The standard InChI is InChI=1S/C14H21BrN2S/c1-12-11-13(15)3-4-14(12)17-8-6-16(7-9-17)5-2-10-18/h3-4,11,18H,2,5-10H2,1H3. The van der Waals surface area contributed by atoms with Gasteiger partial charge >= 0.3 is 0 Å². The predicted molar refractivity (Wildman–Crippen MR) is 86.0 cm³/mol. The highest BCUT2D eigenvalue weighted by atomic mass is 79.9. The van der Waals surface area contributed by atoms with Crippen LogP contribution in [0.5, 0.6) is 0 Å². The second-order valence-corrected chi connectivity index (χ2v) is 6.20. The number of aryl methyl sites for hydroxylation is 1. The molecule has 0 bridgehead atoms. The number of piperazine rings is 1. The average molecular weight is 329 g/mol. The van der Waals surface area contributed by atoms with Crippen molar-refractivity contribution in [1.82, 2.24) is 4.90 Å². The molecule has 0 aliphatic carbocycles. The SMILES string of the molecule is Cc1cc(Br)ccc1N1CCN(CCCS)CC1. The van der Waals surface area contributed by atoms with E-state index in [0.29, 0.717) is 0 Å². The van der Waals surface area contributed by atoms with Crippen molar-refractivity contribution >= 4 is 34.2 Å². The second kappa shape index (κ2) is 6.83. The molecule has 1 aliphatic heterocycles. The van der Waals surface area contributed by atoms with Gasteiger partial charge in [-0.05, 0) is 49.4 Å². The highest BCUT2D eigenvalue weighted by Crippen LogP contribution is 2.24. The summed E-state index contributed by atoms with van der Waals surface area (Å²) in [6.45, 7) is 7.99. The van der Waals surface area contributed by atoms with E-state index in [2.05, 4.69) is 63.5 Å². The van der Waals surface area contributed by atoms with Crippen LogP contribution >= 0.6 is 28.6 Å². The molecule has 100 valence electrons. The van der Waals surface area contributed by atoms with Crippen LogP contribution in [-0.4, -0.2) is 43.4 Å². The third kappa shape index (κ3) is 3.65. The lowest BCUT2D eigenvalue weighted by Gasteiger charge is -2.36. The zero-order valence-corrected chi connectivity index (χ0v) is 13.4. The molecule has 1 saturated heterocycles. The molecular formula is C14H21BrN2S. The van der Waals surface area contributed by atoms with Gasteiger partial charge in [0.25, 0.3) is 0 Å². The Hall–Kier alpha value is -0.190. The fourth-order valence-electron chi connectivity index (χ4n) is 2.48. The van der Waals surface area contributed by atoms with Crippen LogP contribution in [0.4, 0.5) is 5.69 Å². The first-order chi connectivity index (χ1) is 8.70. The van der Waals surface area contributed by atoms with Crippen LogP contribution in [0.15, 0.2) is 22.7 Å². The topological polar surface area (TPSA) is 6.48 Å². The zero-order valence-electron chi connectivity index (χ0n) is 10.9. The van der Waals surface area contributed by atoms with Gasteiger partial charge in [0.1, 0.15) is 0 Å². The molecule has 4 heteroatoms. The lowest BCUT2D eigenvalue weighted by molar-refractivity contribution is 0.259. The summed E-state index contributed by atoms with van der Waals surface area (Å²) in [6, 6.07) is 6.56. The molecular weight excluding hydrogens is 308 g/mol. The number of hydrogen-bond donors (Lipinski definition) is 1. The minimum absolute atomic E-state index is 0.992. The third-order valence-electron chi connectivity index (χ3n) is 3.50. The summed E-state index contributed by atoms with van der Waals surface area (Å²) in [5.41, 5.74) is 2.74. The smallest absolute Gasteiger partial charge is 0.0397 e. The van der Waals surface area contributed by atoms with E-state index in [-0.39, 0.29) is 0 Å². The van der Waals surface area contributed by atoms with Gasteiger partial charge < -0.3 is 4.90 Å². The van der Waals surface area contributed by atoms with Gasteiger partial charge in [-0.3, -0.25) is 4.90 Å². The molecule has 2 nitrogen and oxygen atoms in total. The van der Waals surface area contributed by atoms with Crippen molar-refractivity contribution in [2.75, 3.05) is 43.4 Å². The van der Waals surface area contributed by atoms with E-state index >= 15 is 0 Å². The van der Waals surface area contributed by atoms with Crippen LogP contribution in [-0.2, 0) is 0 Å². The Labute approximate surface area is 124 Å². The number of nitrogens with zero attached hydrogens (tertiary/aromatic N) is 2. The van der Waals surface area contributed by atoms with E-state index in [1.807, 2.05) is 0 Å². The summed E-state index contributed by atoms with van der Waals surface area (Å²) in [6.07, 6.45) is 1.19. The zero-order chi connectivity index (χ0) is 13.0. The Balaban J connectivity index is 1.93. The molecule has 1 fully saturated rings. The molecule has 0 aromatic heterocycles. The molecule has 18 heavy (non-hydrogen) atoms. The molecule has 0 saturated carbocycles. The summed E-state index contributed by atoms with van der Waals surface area (Å²) in [5.74, 6) is 0.992. The number of anilines is 1. The molecule has 0 N–H and O–H groups in total. The van der Waals surface area contributed by atoms with Crippen molar-refractivity contribution < 1.29 is 0 Å². The summed E-state index contributed by atoms with van der Waals surface area (Å²) in [7, 11) is 0. The summed E-state index contributed by atoms with van der Waals surface area (Å²) >= 11 is 7.80. The fourth-order valence-corrected chi connectivity index (χ4v) is 3.10. The number of benzene rings is 1. The Morgan fingerprint density at radius 1 is 1.22 bits per heavy atom.